The maximum Gasteiger partial charge on any atom is 0.410 e. The SMILES string of the molecule is C#CC=N/C(=C\C)C(c1ccc(Cl)cc1/C=C(\C)C(C)=O)C1CCN(C(=O)OC(C)(C)C)CC1. The van der Waals surface area contributed by atoms with Crippen molar-refractivity contribution in [3.05, 3.63) is 51.7 Å². The highest BCUT2D eigenvalue weighted by Gasteiger charge is 2.34. The maximum absolute atomic E-state index is 12.6. The molecule has 2 rings (SSSR count). The maximum atomic E-state index is 12.6. The first-order chi connectivity index (χ1) is 16.0. The number of terminal acetylenes is 1. The number of ketones is 1. The number of nitrogens with zero attached hydrogens (tertiary/aromatic N) is 2. The Hall–Kier alpha value is -2.84. The number of carbonyl (C=O) groups excluding carboxylic acids is 2. The van der Waals surface area contributed by atoms with Gasteiger partial charge in [-0.3, -0.25) is 9.79 Å². The summed E-state index contributed by atoms with van der Waals surface area (Å²) in [6, 6.07) is 5.74. The summed E-state index contributed by atoms with van der Waals surface area (Å²) in [5.74, 6) is 2.62. The van der Waals surface area contributed by atoms with E-state index in [1.165, 1.54) is 6.21 Å². The fourth-order valence-electron chi connectivity index (χ4n) is 4.13. The van der Waals surface area contributed by atoms with Crippen molar-refractivity contribution in [3.8, 4) is 12.3 Å². The number of allylic oxidation sites excluding steroid dienone is 3. The molecule has 1 aromatic carbocycles. The zero-order valence-corrected chi connectivity index (χ0v) is 21.8. The molecule has 0 aromatic heterocycles. The molecule has 1 atom stereocenters. The molecule has 0 radical (unpaired) electrons. The van der Waals surface area contributed by atoms with Crippen molar-refractivity contribution < 1.29 is 14.3 Å². The van der Waals surface area contributed by atoms with Gasteiger partial charge in [0.2, 0.25) is 0 Å². The van der Waals surface area contributed by atoms with Gasteiger partial charge in [-0.15, -0.1) is 6.42 Å². The summed E-state index contributed by atoms with van der Waals surface area (Å²) in [7, 11) is 0. The van der Waals surface area contributed by atoms with Crippen LogP contribution in [0.2, 0.25) is 5.02 Å². The first-order valence-electron chi connectivity index (χ1n) is 11.6. The van der Waals surface area contributed by atoms with Crippen LogP contribution in [0.25, 0.3) is 6.08 Å². The first kappa shape index (κ1) is 27.4. The fourth-order valence-corrected chi connectivity index (χ4v) is 4.31. The summed E-state index contributed by atoms with van der Waals surface area (Å²) < 4.78 is 5.55. The number of aliphatic imine (C=N–C) groups is 1. The van der Waals surface area contributed by atoms with Crippen LogP contribution in [-0.4, -0.2) is 41.7 Å². The number of likely N-dealkylation sites (tertiary alicyclic amines) is 1. The number of rotatable bonds is 6. The zero-order chi connectivity index (χ0) is 25.5. The Balaban J connectivity index is 2.46. The van der Waals surface area contributed by atoms with Gasteiger partial charge in [-0.2, -0.15) is 0 Å². The number of carbonyl (C=O) groups is 2. The molecule has 5 nitrogen and oxygen atoms in total. The molecule has 1 saturated heterocycles. The molecule has 0 bridgehead atoms. The third kappa shape index (κ3) is 7.60. The average molecular weight is 483 g/mol. The lowest BCUT2D eigenvalue weighted by atomic mass is 9.76. The summed E-state index contributed by atoms with van der Waals surface area (Å²) in [5, 5.41) is 0.596. The molecule has 1 aromatic rings. The van der Waals surface area contributed by atoms with Crippen molar-refractivity contribution in [1.82, 2.24) is 4.90 Å². The van der Waals surface area contributed by atoms with E-state index in [9.17, 15) is 9.59 Å². The summed E-state index contributed by atoms with van der Waals surface area (Å²) in [5.41, 5.74) is 2.89. The first-order valence-corrected chi connectivity index (χ1v) is 12.0. The van der Waals surface area contributed by atoms with E-state index in [-0.39, 0.29) is 23.7 Å². The summed E-state index contributed by atoms with van der Waals surface area (Å²) in [6.45, 7) is 12.1. The Morgan fingerprint density at radius 1 is 1.26 bits per heavy atom. The van der Waals surface area contributed by atoms with Gasteiger partial charge in [-0.1, -0.05) is 29.7 Å². The molecule has 1 heterocycles. The van der Waals surface area contributed by atoms with Crippen LogP contribution < -0.4 is 0 Å². The average Bonchev–Trinajstić information content (AvgIpc) is 2.76. The lowest BCUT2D eigenvalue weighted by molar-refractivity contribution is -0.113. The third-order valence-corrected chi connectivity index (χ3v) is 6.11. The van der Waals surface area contributed by atoms with Crippen molar-refractivity contribution >= 4 is 35.8 Å². The van der Waals surface area contributed by atoms with Crippen molar-refractivity contribution in [3.63, 3.8) is 0 Å². The van der Waals surface area contributed by atoms with E-state index in [0.717, 1.165) is 29.7 Å². The van der Waals surface area contributed by atoms with Gasteiger partial charge in [0.15, 0.2) is 5.78 Å². The summed E-state index contributed by atoms with van der Waals surface area (Å²) >= 11 is 6.33. The van der Waals surface area contributed by atoms with Crippen molar-refractivity contribution in [2.75, 3.05) is 13.1 Å². The van der Waals surface area contributed by atoms with Gasteiger partial charge in [0.25, 0.3) is 0 Å². The second-order valence-electron chi connectivity index (χ2n) is 9.58. The van der Waals surface area contributed by atoms with Crippen LogP contribution in [0, 0.1) is 18.3 Å². The molecule has 0 aliphatic carbocycles. The minimum absolute atomic E-state index is 0.00440. The fraction of sp³-hybridized carbons (Fsp3) is 0.464. The largest absolute Gasteiger partial charge is 0.444 e. The van der Waals surface area contributed by atoms with E-state index >= 15 is 0 Å². The molecule has 182 valence electrons. The number of amides is 1. The molecular weight excluding hydrogens is 448 g/mol. The van der Waals surface area contributed by atoms with Crippen LogP contribution >= 0.6 is 11.6 Å². The van der Waals surface area contributed by atoms with Crippen LogP contribution in [0.1, 0.15) is 71.4 Å². The second kappa shape index (κ2) is 12.0. The topological polar surface area (TPSA) is 59.0 Å². The van der Waals surface area contributed by atoms with Gasteiger partial charge < -0.3 is 9.64 Å². The lowest BCUT2D eigenvalue weighted by Crippen LogP contribution is -2.42. The molecule has 1 aliphatic rings. The van der Waals surface area contributed by atoms with Crippen molar-refractivity contribution in [1.29, 1.82) is 0 Å². The van der Waals surface area contributed by atoms with Gasteiger partial charge in [0.1, 0.15) is 5.60 Å². The molecule has 6 heteroatoms. The molecule has 0 N–H and O–H groups in total. The summed E-state index contributed by atoms with van der Waals surface area (Å²) in [6.07, 6.45) is 12.0. The highest BCUT2D eigenvalue weighted by Crippen LogP contribution is 2.41. The van der Waals surface area contributed by atoms with Crippen LogP contribution in [0.3, 0.4) is 0 Å². The number of piperidine rings is 1. The molecule has 1 amide bonds. The van der Waals surface area contributed by atoms with Crippen molar-refractivity contribution in [2.45, 2.75) is 65.9 Å². The number of ether oxygens (including phenoxy) is 1. The Morgan fingerprint density at radius 2 is 1.91 bits per heavy atom. The predicted molar refractivity (Wildman–Crippen MR) is 140 cm³/mol. The van der Waals surface area contributed by atoms with E-state index in [4.69, 9.17) is 22.8 Å². The van der Waals surface area contributed by atoms with Crippen molar-refractivity contribution in [2.24, 2.45) is 10.9 Å². The molecule has 1 aliphatic heterocycles. The number of hydrogen-bond acceptors (Lipinski definition) is 4. The third-order valence-electron chi connectivity index (χ3n) is 5.88. The Labute approximate surface area is 208 Å². The number of Topliss-reactive ketones (excluding diaryl/α,β-unsaturated/α-hetero) is 1. The van der Waals surface area contributed by atoms with Gasteiger partial charge in [0.05, 0.1) is 6.21 Å². The Morgan fingerprint density at radius 3 is 2.44 bits per heavy atom. The van der Waals surface area contributed by atoms with E-state index in [1.807, 2.05) is 58.0 Å². The van der Waals surface area contributed by atoms with Gasteiger partial charge in [0, 0.05) is 29.7 Å². The quantitative estimate of drug-likeness (QED) is 0.258. The highest BCUT2D eigenvalue weighted by molar-refractivity contribution is 6.30. The highest BCUT2D eigenvalue weighted by atomic mass is 35.5. The number of hydrogen-bond donors (Lipinski definition) is 0. The number of halogens is 1. The molecule has 34 heavy (non-hydrogen) atoms. The van der Waals surface area contributed by atoms with Gasteiger partial charge in [-0.25, -0.2) is 4.79 Å². The normalized spacial score (nSPS) is 16.9. The zero-order valence-electron chi connectivity index (χ0n) is 21.0. The van der Waals surface area contributed by atoms with E-state index in [2.05, 4.69) is 10.9 Å². The van der Waals surface area contributed by atoms with E-state index in [1.54, 1.807) is 18.7 Å². The molecular formula is C28H35ClN2O3. The van der Waals surface area contributed by atoms with Gasteiger partial charge >= 0.3 is 6.09 Å². The minimum atomic E-state index is -0.530. The second-order valence-corrected chi connectivity index (χ2v) is 10.0. The Kier molecular flexibility index (Phi) is 9.70. The van der Waals surface area contributed by atoms with E-state index in [0.29, 0.717) is 23.7 Å². The Bertz CT molecular complexity index is 1030. The van der Waals surface area contributed by atoms with Crippen LogP contribution in [0.5, 0.6) is 0 Å². The molecule has 0 saturated carbocycles. The molecule has 1 fully saturated rings. The summed E-state index contributed by atoms with van der Waals surface area (Å²) in [4.78, 5) is 30.8. The smallest absolute Gasteiger partial charge is 0.410 e. The molecule has 1 unspecified atom stereocenters. The van der Waals surface area contributed by atoms with E-state index < -0.39 is 5.60 Å². The van der Waals surface area contributed by atoms with Crippen LogP contribution in [0.4, 0.5) is 4.79 Å². The van der Waals surface area contributed by atoms with Gasteiger partial charge in [-0.05, 0) is 95.2 Å². The van der Waals surface area contributed by atoms with Crippen LogP contribution in [-0.2, 0) is 9.53 Å². The predicted octanol–water partition coefficient (Wildman–Crippen LogP) is 6.67. The monoisotopic (exact) mass is 482 g/mol. The standard InChI is InChI=1S/C28H35ClN2O3/c1-8-14-30-25(9-2)26(21-12-15-31(16-13-21)27(33)34-28(5,6)7)24-11-10-23(29)18-22(24)17-19(3)20(4)32/h1,9-11,14,17-18,21,26H,12-13,15-16H2,2-7H3/b19-17+,25-9-,30-14?. The minimum Gasteiger partial charge on any atom is -0.444 e. The lowest BCUT2D eigenvalue weighted by Gasteiger charge is -2.37. The van der Waals surface area contributed by atoms with Crippen LogP contribution in [0.15, 0.2) is 40.5 Å². The number of benzene rings is 1. The molecule has 0 spiro atoms.